The lowest BCUT2D eigenvalue weighted by Gasteiger charge is -2.14. The van der Waals surface area contributed by atoms with Crippen LogP contribution in [0.5, 0.6) is 0 Å². The third kappa shape index (κ3) is 18.5. The summed E-state index contributed by atoms with van der Waals surface area (Å²) >= 11 is 0. The van der Waals surface area contributed by atoms with Crippen LogP contribution >= 0.6 is 0 Å². The number of halogens is 3. The highest BCUT2D eigenvalue weighted by Gasteiger charge is 2.34. The number of non-ortho nitro benzene ring substituents is 4. The van der Waals surface area contributed by atoms with E-state index in [1.54, 1.807) is 84.9 Å². The van der Waals surface area contributed by atoms with E-state index >= 15 is 0 Å². The normalized spacial score (nSPS) is 10.9. The largest absolute Gasteiger partial charge is 0.478 e. The molecule has 4 heterocycles. The zero-order chi connectivity index (χ0) is 87.3. The Hall–Kier alpha value is -18.2. The molecule has 0 spiro atoms. The van der Waals surface area contributed by atoms with E-state index in [0.717, 1.165) is 28.3 Å². The van der Waals surface area contributed by atoms with Crippen LogP contribution < -0.4 is 21.3 Å². The van der Waals surface area contributed by atoms with Gasteiger partial charge in [0.25, 0.3) is 0 Å². The monoisotopic (exact) mass is 1670 g/mol. The van der Waals surface area contributed by atoms with Gasteiger partial charge in [-0.2, -0.15) is 18.4 Å². The number of hydrogen-bond acceptors (Lipinski definition) is 29. The van der Waals surface area contributed by atoms with Crippen molar-refractivity contribution in [3.8, 4) is 39.4 Å². The number of nitrogens with one attached hydrogen (secondary N) is 4. The molecular weight excluding hydrogens is 1620 g/mol. The number of carboxylic acids is 2. The van der Waals surface area contributed by atoms with E-state index < -0.39 is 55.6 Å². The second-order valence-corrected chi connectivity index (χ2v) is 26.6. The molecule has 0 amide bonds. The van der Waals surface area contributed by atoms with Crippen LogP contribution in [-0.2, 0) is 19.0 Å². The Morgan fingerprint density at radius 2 is 0.694 bits per heavy atom. The number of carbonyl (C=O) groups excluding carboxylic acids is 2. The smallest absolute Gasteiger partial charge is 0.416 e. The van der Waals surface area contributed by atoms with Gasteiger partial charge in [0.2, 0.25) is 22.1 Å². The van der Waals surface area contributed by atoms with Crippen molar-refractivity contribution < 1.29 is 80.8 Å². The van der Waals surface area contributed by atoms with E-state index in [0.29, 0.717) is 79.7 Å². The van der Waals surface area contributed by atoms with Crippen LogP contribution in [0.25, 0.3) is 77.5 Å². The second-order valence-electron chi connectivity index (χ2n) is 26.6. The van der Waals surface area contributed by atoms with Crippen molar-refractivity contribution in [2.45, 2.75) is 19.0 Å². The molecule has 35 nitrogen and oxygen atoms in total. The molecule has 4 aromatic heterocycles. The van der Waals surface area contributed by atoms with Gasteiger partial charge in [-0.15, -0.1) is 0 Å². The number of nitrogens with zero attached hydrogens (tertiary/aromatic N) is 13. The minimum absolute atomic E-state index is 0.0184. The van der Waals surface area contributed by atoms with Gasteiger partial charge >= 0.3 is 40.9 Å². The number of carboxylic acid groups (broad SMARTS) is 2. The van der Waals surface area contributed by atoms with Gasteiger partial charge in [-0.05, 0) is 190 Å². The summed E-state index contributed by atoms with van der Waals surface area (Å²) in [5.74, 6) is -2.61. The van der Waals surface area contributed by atoms with Gasteiger partial charge in [0.05, 0.1) is 70.8 Å². The second kappa shape index (κ2) is 36.1. The predicted molar refractivity (Wildman–Crippen MR) is 442 cm³/mol. The maximum atomic E-state index is 13.1. The standard InChI is InChI=1S/C25H16N4O5.C21H13F3N4O4.C20H11N5O5.C20H14N4O4/c30-25(31)18-10-11-20(26-21-12-13-22(29(32)33)24-23(21)27-34-28-24)19(14-18)17-8-6-16(7-9-17)15-4-2-1-3-5-15;22-21(23,24)15-4-2-1-3-13(15)11-18(29)12-5-7-14(8-6-12)25-16-9-10-17(28(30)31)20-19(16)26-32-27-20;21-10-12-3-1-2-4-13(12)14-9-11(20(26)27)5-6-15(14)22-16-7-8-17(25(28)29)19-18(16)23-30-24-19;25-18(12-13-4-2-1-3-5-13)14-6-8-15(9-7-14)21-16-10-11-17(24(26)27)20-19(16)22-28-23-20/h1-14,26H,(H,30,31);1-10,25H,11H2;1-9,22H,(H,26,27);1-11,21H,12H2. The molecule has 612 valence electrons. The number of rotatable bonds is 23. The Labute approximate surface area is 691 Å². The molecule has 17 aromatic rings. The highest BCUT2D eigenvalue weighted by Crippen LogP contribution is 2.41. The number of alkyl halides is 3. The van der Waals surface area contributed by atoms with Crippen LogP contribution in [0.4, 0.5) is 81.4 Å². The quantitative estimate of drug-likeness (QED) is 0.0197. The fourth-order valence-corrected chi connectivity index (χ4v) is 12.9. The van der Waals surface area contributed by atoms with E-state index in [2.05, 4.69) is 82.5 Å². The van der Waals surface area contributed by atoms with Crippen molar-refractivity contribution in [3.63, 3.8) is 0 Å². The highest BCUT2D eigenvalue weighted by atomic mass is 19.4. The highest BCUT2D eigenvalue weighted by molar-refractivity contribution is 6.03. The van der Waals surface area contributed by atoms with Crippen LogP contribution in [0.3, 0.4) is 0 Å². The van der Waals surface area contributed by atoms with Crippen LogP contribution in [0, 0.1) is 51.8 Å². The van der Waals surface area contributed by atoms with E-state index in [1.165, 1.54) is 91.0 Å². The summed E-state index contributed by atoms with van der Waals surface area (Å²) in [5, 5.41) is 115. The summed E-state index contributed by atoms with van der Waals surface area (Å²) in [6.45, 7) is 0. The third-order valence-electron chi connectivity index (χ3n) is 18.9. The molecule has 0 saturated heterocycles. The number of ketones is 2. The molecule has 13 aromatic carbocycles. The van der Waals surface area contributed by atoms with Crippen LogP contribution in [0.2, 0.25) is 0 Å². The minimum Gasteiger partial charge on any atom is -0.478 e. The maximum Gasteiger partial charge on any atom is 0.416 e. The Morgan fingerprint density at radius 3 is 1.11 bits per heavy atom. The number of nitro groups is 4. The first kappa shape index (κ1) is 82.4. The number of aromatic carboxylic acids is 2. The molecule has 0 atom stereocenters. The topological polar surface area (TPSA) is 509 Å². The fourth-order valence-electron chi connectivity index (χ4n) is 12.9. The summed E-state index contributed by atoms with van der Waals surface area (Å²) in [5.41, 5.74) is 9.84. The summed E-state index contributed by atoms with van der Waals surface area (Å²) in [6.07, 6.45) is -4.60. The predicted octanol–water partition coefficient (Wildman–Crippen LogP) is 19.6. The van der Waals surface area contributed by atoms with Crippen molar-refractivity contribution in [1.29, 1.82) is 5.26 Å². The molecule has 0 radical (unpaired) electrons. The van der Waals surface area contributed by atoms with Crippen molar-refractivity contribution >= 4 is 136 Å². The number of carbonyl (C=O) groups is 4. The zero-order valence-electron chi connectivity index (χ0n) is 63.2. The zero-order valence-corrected chi connectivity index (χ0v) is 63.2. The number of fused-ring (bicyclic) bond motifs is 4. The molecule has 0 bridgehead atoms. The maximum absolute atomic E-state index is 13.1. The molecule has 0 aliphatic carbocycles. The molecule has 38 heteroatoms. The first-order valence-electron chi connectivity index (χ1n) is 36.4. The Bertz CT molecular complexity index is 7030. The molecular formula is C86H54F3N17O18. The number of aromatic nitrogens is 8. The molecule has 0 aliphatic heterocycles. The number of benzene rings is 13. The number of anilines is 8. The molecule has 0 fully saturated rings. The number of Topliss-reactive ketones (excluding diaryl/α,β-unsaturated/α-hetero) is 2. The van der Waals surface area contributed by atoms with Crippen LogP contribution in [0.1, 0.15) is 63.7 Å². The Morgan fingerprint density at radius 1 is 0.355 bits per heavy atom. The molecule has 17 rings (SSSR count). The molecule has 0 aliphatic rings. The van der Waals surface area contributed by atoms with E-state index in [-0.39, 0.29) is 94.9 Å². The Balaban J connectivity index is 0.000000135. The van der Waals surface area contributed by atoms with Gasteiger partial charge in [0.1, 0.15) is 0 Å². The number of hydrogen-bond donors (Lipinski definition) is 6. The summed E-state index contributed by atoms with van der Waals surface area (Å²) < 4.78 is 58.1. The van der Waals surface area contributed by atoms with Gasteiger partial charge in [-0.1, -0.05) is 121 Å². The van der Waals surface area contributed by atoms with E-state index in [4.69, 9.17) is 4.63 Å². The van der Waals surface area contributed by atoms with Crippen molar-refractivity contribution in [1.82, 2.24) is 41.3 Å². The average Bonchev–Trinajstić information content (AvgIpc) is 1.43. The summed E-state index contributed by atoms with van der Waals surface area (Å²) in [7, 11) is 0. The van der Waals surface area contributed by atoms with E-state index in [1.807, 2.05) is 84.9 Å². The van der Waals surface area contributed by atoms with Gasteiger partial charge in [-0.3, -0.25) is 50.0 Å². The van der Waals surface area contributed by atoms with Crippen molar-refractivity contribution in [2.24, 2.45) is 0 Å². The van der Waals surface area contributed by atoms with Crippen molar-refractivity contribution in [2.75, 3.05) is 21.3 Å². The first-order chi connectivity index (χ1) is 59.8. The number of nitriles is 1. The van der Waals surface area contributed by atoms with Crippen molar-refractivity contribution in [3.05, 3.63) is 352 Å². The lowest BCUT2D eigenvalue weighted by Crippen LogP contribution is -2.12. The molecule has 0 saturated carbocycles. The fraction of sp³-hybridized carbons (Fsp3) is 0.0349. The third-order valence-corrected chi connectivity index (χ3v) is 18.9. The van der Waals surface area contributed by atoms with Gasteiger partial charge in [0, 0.05) is 87.7 Å². The minimum atomic E-state index is -4.54. The lowest BCUT2D eigenvalue weighted by molar-refractivity contribution is -0.383. The summed E-state index contributed by atoms with van der Waals surface area (Å²) in [6, 6.07) is 74.3. The SMILES string of the molecule is N#Cc1ccccc1-c1cc(C(=O)O)ccc1Nc1ccc([N+](=O)[O-])c2nonc12.O=C(Cc1ccccc1)c1ccc(Nc2ccc([N+](=O)[O-])c3nonc23)cc1.O=C(Cc1ccccc1C(F)(F)F)c1ccc(Nc2ccc([N+](=O)[O-])c3nonc23)cc1.O=C(O)c1ccc(Nc2ccc([N+](=O)[O-])c3nonc23)c(-c2ccc(-c3ccccc3)cc2)c1. The van der Waals surface area contributed by atoms with Gasteiger partial charge < -0.3 is 31.5 Å². The molecule has 0 unspecified atom stereocenters. The number of nitro benzene ring substituents is 4. The first-order valence-corrected chi connectivity index (χ1v) is 36.4. The van der Waals surface area contributed by atoms with Gasteiger partial charge in [-0.25, -0.2) is 28.1 Å². The average molecular weight is 1670 g/mol. The van der Waals surface area contributed by atoms with Crippen LogP contribution in [-0.4, -0.2) is 94.7 Å². The van der Waals surface area contributed by atoms with Crippen LogP contribution in [0.15, 0.2) is 285 Å². The lowest BCUT2D eigenvalue weighted by atomic mass is 9.96. The van der Waals surface area contributed by atoms with Gasteiger partial charge in [0.15, 0.2) is 33.6 Å². The Kier molecular flexibility index (Phi) is 24.0. The summed E-state index contributed by atoms with van der Waals surface area (Å²) in [4.78, 5) is 90.3. The molecule has 6 N–H and O–H groups in total. The molecule has 124 heavy (non-hydrogen) atoms. The van der Waals surface area contributed by atoms with E-state index in [9.17, 15) is 88.3 Å².